The number of rotatable bonds is 5. The van der Waals surface area contributed by atoms with Crippen molar-refractivity contribution in [1.29, 1.82) is 0 Å². The number of aliphatic hydroxyl groups excluding tert-OH is 1. The minimum absolute atomic E-state index is 0.0648. The van der Waals surface area contributed by atoms with Crippen molar-refractivity contribution >= 4 is 23.5 Å². The van der Waals surface area contributed by atoms with E-state index in [1.807, 2.05) is 36.2 Å². The second-order valence-electron chi connectivity index (χ2n) is 7.59. The molecule has 1 N–H and O–H groups in total. The number of amides is 1. The first kappa shape index (κ1) is 20.5. The minimum atomic E-state index is -0.482. The van der Waals surface area contributed by atoms with Gasteiger partial charge in [0.05, 0.1) is 0 Å². The predicted octanol–water partition coefficient (Wildman–Crippen LogP) is 0.156. The molecule has 28 heavy (non-hydrogen) atoms. The molecule has 0 bridgehead atoms. The number of benzene rings is 1. The maximum Gasteiger partial charge on any atom is 0.241 e. The predicted molar refractivity (Wildman–Crippen MR) is 110 cm³/mol. The lowest BCUT2D eigenvalue weighted by molar-refractivity contribution is -0.138. The molecule has 1 atom stereocenters. The van der Waals surface area contributed by atoms with Gasteiger partial charge < -0.3 is 19.8 Å². The standard InChI is InChI=1S/C21H30N4O3/c1-22-9-10-23(2)20(15-22)21(28)25-13-11-24(12-14-25)19-6-4-3-5-17(19)7-8-18(27)16-26/h3-8,20,26H,9-16H2,1-2H3/b8-7+. The van der Waals surface area contributed by atoms with Crippen LogP contribution < -0.4 is 4.90 Å². The van der Waals surface area contributed by atoms with Gasteiger partial charge in [0.2, 0.25) is 5.91 Å². The third kappa shape index (κ3) is 4.79. The molecule has 2 aliphatic rings. The maximum atomic E-state index is 13.0. The van der Waals surface area contributed by atoms with E-state index in [0.717, 1.165) is 44.0 Å². The summed E-state index contributed by atoms with van der Waals surface area (Å²) in [4.78, 5) is 33.0. The Bertz CT molecular complexity index is 728. The van der Waals surface area contributed by atoms with Gasteiger partial charge in [0.1, 0.15) is 12.6 Å². The number of anilines is 1. The Morgan fingerprint density at radius 1 is 1.07 bits per heavy atom. The molecule has 3 rings (SSSR count). The van der Waals surface area contributed by atoms with Gasteiger partial charge in [0, 0.05) is 51.5 Å². The van der Waals surface area contributed by atoms with Crippen molar-refractivity contribution in [1.82, 2.24) is 14.7 Å². The van der Waals surface area contributed by atoms with Gasteiger partial charge in [0.15, 0.2) is 5.78 Å². The van der Waals surface area contributed by atoms with Crippen LogP contribution in [0.3, 0.4) is 0 Å². The van der Waals surface area contributed by atoms with E-state index in [1.54, 1.807) is 6.08 Å². The quantitative estimate of drug-likeness (QED) is 0.727. The summed E-state index contributed by atoms with van der Waals surface area (Å²) in [6.07, 6.45) is 3.16. The number of likely N-dealkylation sites (N-methyl/N-ethyl adjacent to an activating group) is 2. The molecule has 1 aromatic rings. The molecule has 2 saturated heterocycles. The fourth-order valence-corrected chi connectivity index (χ4v) is 3.81. The van der Waals surface area contributed by atoms with Gasteiger partial charge in [-0.05, 0) is 37.9 Å². The van der Waals surface area contributed by atoms with Gasteiger partial charge >= 0.3 is 0 Å². The van der Waals surface area contributed by atoms with E-state index in [2.05, 4.69) is 21.7 Å². The van der Waals surface area contributed by atoms with Gasteiger partial charge in [-0.15, -0.1) is 0 Å². The molecule has 2 aliphatic heterocycles. The zero-order valence-electron chi connectivity index (χ0n) is 16.8. The molecule has 7 nitrogen and oxygen atoms in total. The highest BCUT2D eigenvalue weighted by Gasteiger charge is 2.33. The van der Waals surface area contributed by atoms with Crippen LogP contribution in [0.5, 0.6) is 0 Å². The Hall–Kier alpha value is -2.22. The molecule has 0 aromatic heterocycles. The van der Waals surface area contributed by atoms with Crippen molar-refractivity contribution in [3.8, 4) is 0 Å². The number of carbonyl (C=O) groups is 2. The van der Waals surface area contributed by atoms with E-state index in [1.165, 1.54) is 6.08 Å². The summed E-state index contributed by atoms with van der Waals surface area (Å²) in [6.45, 7) is 5.12. The monoisotopic (exact) mass is 386 g/mol. The van der Waals surface area contributed by atoms with Crippen LogP contribution in [-0.2, 0) is 9.59 Å². The van der Waals surface area contributed by atoms with Crippen LogP contribution in [0.2, 0.25) is 0 Å². The molecule has 0 aliphatic carbocycles. The highest BCUT2D eigenvalue weighted by atomic mass is 16.3. The Labute approximate surface area is 166 Å². The van der Waals surface area contributed by atoms with Crippen molar-refractivity contribution in [2.75, 3.05) is 71.4 Å². The molecule has 1 unspecified atom stereocenters. The van der Waals surface area contributed by atoms with Gasteiger partial charge in [0.25, 0.3) is 0 Å². The van der Waals surface area contributed by atoms with Crippen LogP contribution in [0, 0.1) is 0 Å². The summed E-state index contributed by atoms with van der Waals surface area (Å²) in [5.41, 5.74) is 1.99. The number of nitrogens with zero attached hydrogens (tertiary/aromatic N) is 4. The molecule has 0 radical (unpaired) electrons. The van der Waals surface area contributed by atoms with Gasteiger partial charge in [-0.1, -0.05) is 18.2 Å². The van der Waals surface area contributed by atoms with Gasteiger partial charge in [-0.25, -0.2) is 0 Å². The summed E-state index contributed by atoms with van der Waals surface area (Å²) in [5.74, 6) is -0.0952. The van der Waals surface area contributed by atoms with Crippen molar-refractivity contribution in [3.63, 3.8) is 0 Å². The Balaban J connectivity index is 1.63. The van der Waals surface area contributed by atoms with E-state index in [-0.39, 0.29) is 17.7 Å². The smallest absolute Gasteiger partial charge is 0.241 e. The van der Waals surface area contributed by atoms with Crippen LogP contribution in [-0.4, -0.2) is 104 Å². The third-order valence-corrected chi connectivity index (χ3v) is 5.61. The molecule has 2 heterocycles. The molecule has 7 heteroatoms. The largest absolute Gasteiger partial charge is 0.388 e. The molecular formula is C21H30N4O3. The second kappa shape index (κ2) is 9.32. The average molecular weight is 386 g/mol. The molecule has 152 valence electrons. The van der Waals surface area contributed by atoms with Gasteiger partial charge in [-0.3, -0.25) is 14.5 Å². The van der Waals surface area contributed by atoms with Crippen LogP contribution >= 0.6 is 0 Å². The zero-order chi connectivity index (χ0) is 20.1. The normalized spacial score (nSPS) is 22.0. The lowest BCUT2D eigenvalue weighted by atomic mass is 10.1. The molecule has 1 aromatic carbocycles. The van der Waals surface area contributed by atoms with Crippen molar-refractivity contribution in [3.05, 3.63) is 35.9 Å². The zero-order valence-corrected chi connectivity index (χ0v) is 16.8. The van der Waals surface area contributed by atoms with Crippen LogP contribution in [0.4, 0.5) is 5.69 Å². The number of hydrogen-bond acceptors (Lipinski definition) is 6. The van der Waals surface area contributed by atoms with Crippen LogP contribution in [0.25, 0.3) is 6.08 Å². The first-order chi connectivity index (χ1) is 13.5. The minimum Gasteiger partial charge on any atom is -0.388 e. The number of piperazine rings is 2. The Kier molecular flexibility index (Phi) is 6.83. The lowest BCUT2D eigenvalue weighted by Crippen LogP contribution is -2.60. The van der Waals surface area contributed by atoms with Crippen LogP contribution in [0.15, 0.2) is 30.3 Å². The highest BCUT2D eigenvalue weighted by Crippen LogP contribution is 2.23. The van der Waals surface area contributed by atoms with E-state index >= 15 is 0 Å². The topological polar surface area (TPSA) is 67.3 Å². The first-order valence-electron chi connectivity index (χ1n) is 9.83. The molecule has 0 saturated carbocycles. The maximum absolute atomic E-state index is 13.0. The molecule has 0 spiro atoms. The summed E-state index contributed by atoms with van der Waals surface area (Å²) >= 11 is 0. The number of para-hydroxylation sites is 1. The van der Waals surface area contributed by atoms with Crippen molar-refractivity contribution in [2.24, 2.45) is 0 Å². The number of carbonyl (C=O) groups excluding carboxylic acids is 2. The van der Waals surface area contributed by atoms with E-state index < -0.39 is 6.61 Å². The second-order valence-corrected chi connectivity index (χ2v) is 7.59. The van der Waals surface area contributed by atoms with E-state index in [9.17, 15) is 9.59 Å². The Morgan fingerprint density at radius 3 is 2.50 bits per heavy atom. The van der Waals surface area contributed by atoms with Crippen molar-refractivity contribution < 1.29 is 14.7 Å². The highest BCUT2D eigenvalue weighted by molar-refractivity contribution is 5.95. The third-order valence-electron chi connectivity index (χ3n) is 5.61. The van der Waals surface area contributed by atoms with E-state index in [4.69, 9.17) is 5.11 Å². The van der Waals surface area contributed by atoms with E-state index in [0.29, 0.717) is 13.1 Å². The SMILES string of the molecule is CN1CCN(C)C(C(=O)N2CCN(c3ccccc3/C=C/C(=O)CO)CC2)C1. The molecule has 1 amide bonds. The number of aliphatic hydroxyl groups is 1. The number of hydrogen-bond donors (Lipinski definition) is 1. The number of ketones is 1. The van der Waals surface area contributed by atoms with Crippen molar-refractivity contribution in [2.45, 2.75) is 6.04 Å². The summed E-state index contributed by atoms with van der Waals surface area (Å²) in [6, 6.07) is 7.84. The molecule has 2 fully saturated rings. The fourth-order valence-electron chi connectivity index (χ4n) is 3.81. The summed E-state index contributed by atoms with van der Waals surface area (Å²) < 4.78 is 0. The molecular weight excluding hydrogens is 356 g/mol. The first-order valence-corrected chi connectivity index (χ1v) is 9.83. The summed E-state index contributed by atoms with van der Waals surface area (Å²) in [5, 5.41) is 8.90. The fraction of sp³-hybridized carbons (Fsp3) is 0.524. The van der Waals surface area contributed by atoms with Crippen LogP contribution in [0.1, 0.15) is 5.56 Å². The Morgan fingerprint density at radius 2 is 1.79 bits per heavy atom. The lowest BCUT2D eigenvalue weighted by Gasteiger charge is -2.42. The summed E-state index contributed by atoms with van der Waals surface area (Å²) in [7, 11) is 4.10. The van der Waals surface area contributed by atoms with Gasteiger partial charge in [-0.2, -0.15) is 0 Å². The average Bonchev–Trinajstić information content (AvgIpc) is 2.73.